The van der Waals surface area contributed by atoms with Gasteiger partial charge in [0.05, 0.1) is 0 Å². The molecule has 0 aliphatic carbocycles. The lowest BCUT2D eigenvalue weighted by Gasteiger charge is -2.31. The Morgan fingerprint density at radius 2 is 1.92 bits per heavy atom. The first-order valence-electron chi connectivity index (χ1n) is 9.05. The van der Waals surface area contributed by atoms with Gasteiger partial charge in [0.25, 0.3) is 0 Å². The molecule has 0 spiro atoms. The maximum Gasteiger partial charge on any atom is 0.409 e. The third-order valence-electron chi connectivity index (χ3n) is 4.85. The number of hydrazine groups is 1. The Morgan fingerprint density at radius 3 is 2.58 bits per heavy atom. The van der Waals surface area contributed by atoms with Crippen molar-refractivity contribution in [3.8, 4) is 0 Å². The molecule has 1 atom stereocenters. The fourth-order valence-corrected chi connectivity index (χ4v) is 3.63. The summed E-state index contributed by atoms with van der Waals surface area (Å²) in [5, 5.41) is 2.43. The fraction of sp³-hybridized carbons (Fsp3) is 0.450. The summed E-state index contributed by atoms with van der Waals surface area (Å²) >= 11 is 0. The average Bonchev–Trinajstić information content (AvgIpc) is 3.01. The van der Waals surface area contributed by atoms with Crippen molar-refractivity contribution in [2.24, 2.45) is 0 Å². The Morgan fingerprint density at radius 1 is 1.15 bits per heavy atom. The van der Waals surface area contributed by atoms with Crippen molar-refractivity contribution in [1.82, 2.24) is 10.4 Å². The highest BCUT2D eigenvalue weighted by molar-refractivity contribution is 5.87. The first kappa shape index (κ1) is 18.7. The normalized spacial score (nSPS) is 16.8. The molecule has 3 nitrogen and oxygen atoms in total. The van der Waals surface area contributed by atoms with Crippen LogP contribution in [0.15, 0.2) is 36.4 Å². The standard InChI is InChI=1S/C20H23F3N2O/c1-2-3-4-8-15-11-10-14-7-5-6-9-16(14)18(15)19(20(21,22)23)25-13-12-17(26)24-25/h5-7,9-11,19H,2-4,8,12-13H2,1H3,(H,24,26). The number of nitrogens with one attached hydrogen (secondary N) is 1. The van der Waals surface area contributed by atoms with Crippen LogP contribution in [0.3, 0.4) is 0 Å². The topological polar surface area (TPSA) is 32.3 Å². The van der Waals surface area contributed by atoms with Gasteiger partial charge in [-0.05, 0) is 34.7 Å². The Bertz CT molecular complexity index is 788. The Labute approximate surface area is 151 Å². The number of alkyl halides is 3. The van der Waals surface area contributed by atoms with E-state index in [4.69, 9.17) is 0 Å². The van der Waals surface area contributed by atoms with Gasteiger partial charge in [0, 0.05) is 13.0 Å². The number of carbonyl (C=O) groups is 1. The molecule has 26 heavy (non-hydrogen) atoms. The minimum Gasteiger partial charge on any atom is -0.288 e. The molecule has 1 unspecified atom stereocenters. The quantitative estimate of drug-likeness (QED) is 0.739. The molecule has 140 valence electrons. The second-order valence-electron chi connectivity index (χ2n) is 6.74. The van der Waals surface area contributed by atoms with Crippen molar-refractivity contribution in [2.75, 3.05) is 6.54 Å². The zero-order valence-corrected chi connectivity index (χ0v) is 14.8. The summed E-state index contributed by atoms with van der Waals surface area (Å²) in [7, 11) is 0. The summed E-state index contributed by atoms with van der Waals surface area (Å²) in [5.41, 5.74) is 3.37. The van der Waals surface area contributed by atoms with E-state index in [9.17, 15) is 18.0 Å². The third kappa shape index (κ3) is 3.85. The van der Waals surface area contributed by atoms with Crippen molar-refractivity contribution in [3.05, 3.63) is 47.5 Å². The Kier molecular flexibility index (Phi) is 5.51. The van der Waals surface area contributed by atoms with E-state index < -0.39 is 12.2 Å². The minimum atomic E-state index is -4.48. The molecule has 0 radical (unpaired) electrons. The number of rotatable bonds is 6. The molecule has 0 saturated carbocycles. The first-order chi connectivity index (χ1) is 12.4. The summed E-state index contributed by atoms with van der Waals surface area (Å²) in [5.74, 6) is -0.369. The number of amides is 1. The maximum absolute atomic E-state index is 14.1. The highest BCUT2D eigenvalue weighted by atomic mass is 19.4. The maximum atomic E-state index is 14.1. The molecule has 1 fully saturated rings. The second kappa shape index (κ2) is 7.66. The van der Waals surface area contributed by atoms with Crippen molar-refractivity contribution in [3.63, 3.8) is 0 Å². The van der Waals surface area contributed by atoms with Crippen LogP contribution in [0.25, 0.3) is 10.8 Å². The molecule has 0 bridgehead atoms. The molecule has 1 amide bonds. The van der Waals surface area contributed by atoms with Gasteiger partial charge in [0.1, 0.15) is 0 Å². The van der Waals surface area contributed by atoms with Crippen molar-refractivity contribution in [2.45, 2.75) is 51.2 Å². The molecule has 1 aliphatic heterocycles. The van der Waals surface area contributed by atoms with Gasteiger partial charge in [-0.2, -0.15) is 13.2 Å². The van der Waals surface area contributed by atoms with Gasteiger partial charge in [-0.15, -0.1) is 0 Å². The third-order valence-corrected chi connectivity index (χ3v) is 4.85. The van der Waals surface area contributed by atoms with Crippen LogP contribution in [0.2, 0.25) is 0 Å². The number of carbonyl (C=O) groups excluding carboxylic acids is 1. The second-order valence-corrected chi connectivity index (χ2v) is 6.74. The number of hydrogen-bond donors (Lipinski definition) is 1. The van der Waals surface area contributed by atoms with E-state index >= 15 is 0 Å². The molecule has 1 heterocycles. The summed E-state index contributed by atoms with van der Waals surface area (Å²) in [6, 6.07) is 9.01. The zero-order chi connectivity index (χ0) is 18.7. The van der Waals surface area contributed by atoms with Crippen molar-refractivity contribution >= 4 is 16.7 Å². The van der Waals surface area contributed by atoms with Crippen molar-refractivity contribution in [1.29, 1.82) is 0 Å². The summed E-state index contributed by atoms with van der Waals surface area (Å²) in [6.45, 7) is 2.13. The molecule has 3 rings (SSSR count). The van der Waals surface area contributed by atoms with Crippen LogP contribution in [0.5, 0.6) is 0 Å². The fourth-order valence-electron chi connectivity index (χ4n) is 3.63. The van der Waals surface area contributed by atoms with E-state index in [1.807, 2.05) is 24.3 Å². The molecule has 2 aromatic carbocycles. The van der Waals surface area contributed by atoms with E-state index in [0.717, 1.165) is 29.7 Å². The lowest BCUT2D eigenvalue weighted by molar-refractivity contribution is -0.190. The largest absolute Gasteiger partial charge is 0.409 e. The van der Waals surface area contributed by atoms with Gasteiger partial charge in [-0.1, -0.05) is 56.2 Å². The van der Waals surface area contributed by atoms with Crippen LogP contribution in [-0.2, 0) is 11.2 Å². The highest BCUT2D eigenvalue weighted by Gasteiger charge is 2.48. The van der Waals surface area contributed by atoms with Gasteiger partial charge in [-0.25, -0.2) is 5.01 Å². The monoisotopic (exact) mass is 364 g/mol. The summed E-state index contributed by atoms with van der Waals surface area (Å²) in [6.07, 6.45) is -0.970. The molecule has 1 aliphatic rings. The van der Waals surface area contributed by atoms with E-state index in [1.54, 1.807) is 12.1 Å². The smallest absolute Gasteiger partial charge is 0.288 e. The molecule has 1 saturated heterocycles. The Balaban J connectivity index is 2.13. The van der Waals surface area contributed by atoms with Crippen LogP contribution >= 0.6 is 0 Å². The predicted molar refractivity (Wildman–Crippen MR) is 95.4 cm³/mol. The first-order valence-corrected chi connectivity index (χ1v) is 9.05. The predicted octanol–water partition coefficient (Wildman–Crippen LogP) is 4.91. The molecular weight excluding hydrogens is 341 g/mol. The number of nitrogens with zero attached hydrogens (tertiary/aromatic N) is 1. The van der Waals surface area contributed by atoms with E-state index in [2.05, 4.69) is 12.3 Å². The van der Waals surface area contributed by atoms with Gasteiger partial charge in [0.2, 0.25) is 5.91 Å². The SMILES string of the molecule is CCCCCc1ccc2ccccc2c1C(N1CCC(=O)N1)C(F)(F)F. The van der Waals surface area contributed by atoms with Crippen LogP contribution in [-0.4, -0.2) is 23.6 Å². The molecule has 2 aromatic rings. The minimum absolute atomic E-state index is 0.0562. The van der Waals surface area contributed by atoms with Crippen LogP contribution in [0.1, 0.15) is 49.8 Å². The zero-order valence-electron chi connectivity index (χ0n) is 14.8. The number of aryl methyl sites for hydroxylation is 1. The molecule has 6 heteroatoms. The average molecular weight is 364 g/mol. The summed E-state index contributed by atoms with van der Waals surface area (Å²) in [4.78, 5) is 11.6. The van der Waals surface area contributed by atoms with Gasteiger partial charge in [-0.3, -0.25) is 10.2 Å². The van der Waals surface area contributed by atoms with Gasteiger partial charge >= 0.3 is 6.18 Å². The van der Waals surface area contributed by atoms with E-state index in [0.29, 0.717) is 17.4 Å². The number of fused-ring (bicyclic) bond motifs is 1. The van der Waals surface area contributed by atoms with E-state index in [-0.39, 0.29) is 24.4 Å². The molecular formula is C20H23F3N2O. The number of hydrogen-bond acceptors (Lipinski definition) is 2. The van der Waals surface area contributed by atoms with Crippen LogP contribution in [0, 0.1) is 0 Å². The molecule has 1 N–H and O–H groups in total. The number of unbranched alkanes of at least 4 members (excludes halogenated alkanes) is 2. The number of benzene rings is 2. The number of halogens is 3. The highest BCUT2D eigenvalue weighted by Crippen LogP contribution is 2.42. The van der Waals surface area contributed by atoms with Gasteiger partial charge in [0.15, 0.2) is 6.04 Å². The Hall–Kier alpha value is -2.08. The van der Waals surface area contributed by atoms with Crippen molar-refractivity contribution < 1.29 is 18.0 Å². The van der Waals surface area contributed by atoms with Gasteiger partial charge < -0.3 is 0 Å². The summed E-state index contributed by atoms with van der Waals surface area (Å²) < 4.78 is 42.3. The lowest BCUT2D eigenvalue weighted by atomic mass is 9.90. The van der Waals surface area contributed by atoms with Crippen LogP contribution in [0.4, 0.5) is 13.2 Å². The lowest BCUT2D eigenvalue weighted by Crippen LogP contribution is -2.44. The molecule has 0 aromatic heterocycles. The van der Waals surface area contributed by atoms with Crippen LogP contribution < -0.4 is 5.43 Å². The van der Waals surface area contributed by atoms with E-state index in [1.165, 1.54) is 0 Å².